The van der Waals surface area contributed by atoms with Crippen molar-refractivity contribution in [1.29, 1.82) is 0 Å². The van der Waals surface area contributed by atoms with Crippen molar-refractivity contribution >= 4 is 30.1 Å². The molecule has 18 heavy (non-hydrogen) atoms. The predicted octanol–water partition coefficient (Wildman–Crippen LogP) is 2.07. The van der Waals surface area contributed by atoms with E-state index >= 15 is 0 Å². The number of furan rings is 1. The number of rotatable bonds is 4. The van der Waals surface area contributed by atoms with Crippen molar-refractivity contribution in [3.8, 4) is 0 Å². The van der Waals surface area contributed by atoms with Gasteiger partial charge < -0.3 is 15.1 Å². The van der Waals surface area contributed by atoms with Crippen molar-refractivity contribution < 1.29 is 9.21 Å². The Bertz CT molecular complexity index is 431. The van der Waals surface area contributed by atoms with E-state index in [9.17, 15) is 4.79 Å². The molecule has 0 saturated carbocycles. The van der Waals surface area contributed by atoms with Crippen LogP contribution in [0, 0.1) is 0 Å². The highest BCUT2D eigenvalue weighted by Gasteiger charge is 2.11. The third kappa shape index (κ3) is 4.08. The second kappa shape index (κ2) is 7.51. The first-order chi connectivity index (χ1) is 8.29. The SMILES string of the molecule is CSc1ccc(C(=O)NCC2=CCNCC2)o1.Cl. The lowest BCUT2D eigenvalue weighted by atomic mass is 10.1. The van der Waals surface area contributed by atoms with E-state index in [1.54, 1.807) is 6.07 Å². The Balaban J connectivity index is 0.00000162. The van der Waals surface area contributed by atoms with Crippen molar-refractivity contribution in [1.82, 2.24) is 10.6 Å². The van der Waals surface area contributed by atoms with Crippen LogP contribution >= 0.6 is 24.2 Å². The summed E-state index contributed by atoms with van der Waals surface area (Å²) in [5.74, 6) is 0.230. The molecule has 2 N–H and O–H groups in total. The minimum Gasteiger partial charge on any atom is -0.445 e. The number of hydrogen-bond donors (Lipinski definition) is 2. The topological polar surface area (TPSA) is 54.3 Å². The predicted molar refractivity (Wildman–Crippen MR) is 75.6 cm³/mol. The van der Waals surface area contributed by atoms with E-state index in [1.807, 2.05) is 12.3 Å². The molecule has 0 aliphatic carbocycles. The van der Waals surface area contributed by atoms with E-state index < -0.39 is 0 Å². The molecular formula is C12H17ClN2O2S. The fourth-order valence-electron chi connectivity index (χ4n) is 1.66. The van der Waals surface area contributed by atoms with Gasteiger partial charge in [0.15, 0.2) is 10.9 Å². The summed E-state index contributed by atoms with van der Waals surface area (Å²) in [5.41, 5.74) is 1.27. The lowest BCUT2D eigenvalue weighted by Gasteiger charge is -2.14. The monoisotopic (exact) mass is 288 g/mol. The largest absolute Gasteiger partial charge is 0.445 e. The van der Waals surface area contributed by atoms with Crippen LogP contribution in [0.15, 0.2) is 33.3 Å². The molecule has 100 valence electrons. The molecule has 0 fully saturated rings. The zero-order chi connectivity index (χ0) is 12.1. The van der Waals surface area contributed by atoms with Gasteiger partial charge in [0.2, 0.25) is 0 Å². The number of carbonyl (C=O) groups is 1. The molecule has 0 saturated heterocycles. The number of amides is 1. The molecule has 4 nitrogen and oxygen atoms in total. The van der Waals surface area contributed by atoms with Gasteiger partial charge in [-0.15, -0.1) is 12.4 Å². The van der Waals surface area contributed by atoms with Crippen LogP contribution in [-0.2, 0) is 0 Å². The van der Waals surface area contributed by atoms with Gasteiger partial charge in [0, 0.05) is 13.1 Å². The minimum atomic E-state index is -0.148. The molecule has 1 aromatic rings. The summed E-state index contributed by atoms with van der Waals surface area (Å²) in [6.45, 7) is 2.48. The highest BCUT2D eigenvalue weighted by atomic mass is 35.5. The fourth-order valence-corrected chi connectivity index (χ4v) is 2.04. The lowest BCUT2D eigenvalue weighted by molar-refractivity contribution is 0.0924. The van der Waals surface area contributed by atoms with Gasteiger partial charge in [0.25, 0.3) is 5.91 Å². The third-order valence-electron chi connectivity index (χ3n) is 2.64. The summed E-state index contributed by atoms with van der Waals surface area (Å²) in [4.78, 5) is 11.8. The van der Waals surface area contributed by atoms with Crippen molar-refractivity contribution in [3.63, 3.8) is 0 Å². The van der Waals surface area contributed by atoms with Crippen LogP contribution < -0.4 is 10.6 Å². The van der Waals surface area contributed by atoms with Crippen LogP contribution in [0.3, 0.4) is 0 Å². The zero-order valence-electron chi connectivity index (χ0n) is 10.2. The quantitative estimate of drug-likeness (QED) is 0.658. The fraction of sp³-hybridized carbons (Fsp3) is 0.417. The summed E-state index contributed by atoms with van der Waals surface area (Å²) in [7, 11) is 0. The van der Waals surface area contributed by atoms with Crippen molar-refractivity contribution in [3.05, 3.63) is 29.5 Å². The molecule has 0 bridgehead atoms. The van der Waals surface area contributed by atoms with Crippen LogP contribution in [0.4, 0.5) is 0 Å². The van der Waals surface area contributed by atoms with Crippen molar-refractivity contribution in [2.75, 3.05) is 25.9 Å². The Morgan fingerprint density at radius 3 is 3.00 bits per heavy atom. The third-order valence-corrected chi connectivity index (χ3v) is 3.26. The Kier molecular flexibility index (Phi) is 6.32. The molecule has 1 aromatic heterocycles. The zero-order valence-corrected chi connectivity index (χ0v) is 11.8. The van der Waals surface area contributed by atoms with Crippen LogP contribution in [0.1, 0.15) is 17.0 Å². The van der Waals surface area contributed by atoms with Gasteiger partial charge in [-0.3, -0.25) is 4.79 Å². The smallest absolute Gasteiger partial charge is 0.287 e. The van der Waals surface area contributed by atoms with Crippen molar-refractivity contribution in [2.45, 2.75) is 11.5 Å². The van der Waals surface area contributed by atoms with E-state index in [0.29, 0.717) is 12.3 Å². The summed E-state index contributed by atoms with van der Waals surface area (Å²) in [6, 6.07) is 3.52. The van der Waals surface area contributed by atoms with E-state index in [4.69, 9.17) is 4.42 Å². The average molecular weight is 289 g/mol. The summed E-state index contributed by atoms with van der Waals surface area (Å²) in [6.07, 6.45) is 5.04. The highest BCUT2D eigenvalue weighted by Crippen LogP contribution is 2.17. The summed E-state index contributed by atoms with van der Waals surface area (Å²) < 4.78 is 5.35. The molecule has 2 rings (SSSR count). The van der Waals surface area contributed by atoms with Crippen LogP contribution in [0.2, 0.25) is 0 Å². The van der Waals surface area contributed by atoms with Gasteiger partial charge in [0.1, 0.15) is 0 Å². The van der Waals surface area contributed by atoms with Gasteiger partial charge in [-0.05, 0) is 31.4 Å². The first kappa shape index (κ1) is 15.1. The van der Waals surface area contributed by atoms with E-state index in [-0.39, 0.29) is 18.3 Å². The van der Waals surface area contributed by atoms with Gasteiger partial charge in [-0.1, -0.05) is 23.4 Å². The molecule has 0 unspecified atom stereocenters. The first-order valence-corrected chi connectivity index (χ1v) is 6.82. The number of nitrogens with one attached hydrogen (secondary N) is 2. The number of hydrogen-bond acceptors (Lipinski definition) is 4. The standard InChI is InChI=1S/C12H16N2O2S.ClH/c1-17-11-3-2-10(16-11)12(15)14-8-9-4-6-13-7-5-9;/h2-4,13H,5-8H2,1H3,(H,14,15);1H. The second-order valence-electron chi connectivity index (χ2n) is 3.82. The van der Waals surface area contributed by atoms with Gasteiger partial charge in [0.05, 0.1) is 0 Å². The maximum absolute atomic E-state index is 11.8. The maximum Gasteiger partial charge on any atom is 0.287 e. The van der Waals surface area contributed by atoms with Crippen LogP contribution in [0.25, 0.3) is 0 Å². The maximum atomic E-state index is 11.8. The van der Waals surface area contributed by atoms with Gasteiger partial charge in [-0.25, -0.2) is 0 Å². The Morgan fingerprint density at radius 2 is 2.39 bits per heavy atom. The molecule has 0 aromatic carbocycles. The lowest BCUT2D eigenvalue weighted by Crippen LogP contribution is -2.29. The number of carbonyl (C=O) groups excluding carboxylic acids is 1. The van der Waals surface area contributed by atoms with E-state index in [1.165, 1.54) is 17.3 Å². The number of halogens is 1. The number of thioether (sulfide) groups is 1. The molecule has 0 spiro atoms. The highest BCUT2D eigenvalue weighted by molar-refractivity contribution is 7.98. The van der Waals surface area contributed by atoms with Gasteiger partial charge >= 0.3 is 0 Å². The molecular weight excluding hydrogens is 272 g/mol. The minimum absolute atomic E-state index is 0. The van der Waals surface area contributed by atoms with Gasteiger partial charge in [-0.2, -0.15) is 0 Å². The van der Waals surface area contributed by atoms with E-state index in [2.05, 4.69) is 16.7 Å². The van der Waals surface area contributed by atoms with E-state index in [0.717, 1.165) is 24.6 Å². The second-order valence-corrected chi connectivity index (χ2v) is 4.63. The molecule has 1 amide bonds. The van der Waals surface area contributed by atoms with Crippen LogP contribution in [-0.4, -0.2) is 31.8 Å². The first-order valence-electron chi connectivity index (χ1n) is 5.60. The summed E-state index contributed by atoms with van der Waals surface area (Å²) in [5, 5.41) is 6.86. The Hall–Kier alpha value is -0.910. The summed E-state index contributed by atoms with van der Waals surface area (Å²) >= 11 is 1.49. The molecule has 1 aliphatic rings. The Labute approximate surface area is 117 Å². The molecule has 2 heterocycles. The van der Waals surface area contributed by atoms with Crippen LogP contribution in [0.5, 0.6) is 0 Å². The normalized spacial score (nSPS) is 14.6. The Morgan fingerprint density at radius 1 is 1.56 bits per heavy atom. The molecule has 0 atom stereocenters. The molecule has 1 aliphatic heterocycles. The van der Waals surface area contributed by atoms with Crippen molar-refractivity contribution in [2.24, 2.45) is 0 Å². The molecule has 6 heteroatoms. The average Bonchev–Trinajstić information content (AvgIpc) is 2.86. The molecule has 0 radical (unpaired) electrons.